The summed E-state index contributed by atoms with van der Waals surface area (Å²) < 4.78 is 19.2. The predicted molar refractivity (Wildman–Crippen MR) is 84.0 cm³/mol. The van der Waals surface area contributed by atoms with E-state index in [1.54, 1.807) is 6.07 Å². The number of hydrogen-bond donors (Lipinski definition) is 1. The molecule has 0 radical (unpaired) electrons. The second-order valence-corrected chi connectivity index (χ2v) is 7.14. The molecule has 3 fully saturated rings. The Labute approximate surface area is 135 Å². The molecule has 124 valence electrons. The van der Waals surface area contributed by atoms with E-state index in [4.69, 9.17) is 10.5 Å². The van der Waals surface area contributed by atoms with Gasteiger partial charge in [0.1, 0.15) is 11.9 Å². The molecule has 5 atom stereocenters. The molecule has 1 aliphatic heterocycles. The van der Waals surface area contributed by atoms with Crippen LogP contribution in [0.2, 0.25) is 0 Å². The number of amides is 1. The lowest BCUT2D eigenvalue weighted by Gasteiger charge is -2.37. The van der Waals surface area contributed by atoms with Crippen molar-refractivity contribution >= 4 is 5.91 Å². The molecule has 1 aromatic carbocycles. The molecule has 0 spiro atoms. The minimum atomic E-state index is -0.273. The second kappa shape index (κ2) is 5.87. The van der Waals surface area contributed by atoms with E-state index in [0.29, 0.717) is 31.5 Å². The number of carbonyl (C=O) groups is 1. The first-order valence-electron chi connectivity index (χ1n) is 8.55. The first kappa shape index (κ1) is 15.1. The SMILES string of the molecule is NC1C2CCC(C2)C1C(=O)N1CCOC(c2cccc(F)c2)C1. The van der Waals surface area contributed by atoms with Gasteiger partial charge in [0.25, 0.3) is 0 Å². The molecule has 1 heterocycles. The fourth-order valence-corrected chi connectivity index (χ4v) is 4.67. The maximum Gasteiger partial charge on any atom is 0.227 e. The third-order valence-electron chi connectivity index (χ3n) is 5.86. The molecule has 1 aromatic rings. The lowest BCUT2D eigenvalue weighted by atomic mass is 9.84. The van der Waals surface area contributed by atoms with E-state index in [0.717, 1.165) is 18.4 Å². The quantitative estimate of drug-likeness (QED) is 0.908. The average Bonchev–Trinajstić information content (AvgIpc) is 3.15. The molecule has 1 amide bonds. The van der Waals surface area contributed by atoms with E-state index >= 15 is 0 Å². The Morgan fingerprint density at radius 1 is 1.30 bits per heavy atom. The number of ether oxygens (including phenoxy) is 1. The molecule has 5 unspecified atom stereocenters. The minimum Gasteiger partial charge on any atom is -0.370 e. The summed E-state index contributed by atoms with van der Waals surface area (Å²) in [7, 11) is 0. The number of benzene rings is 1. The Kier molecular flexibility index (Phi) is 3.85. The zero-order valence-electron chi connectivity index (χ0n) is 13.2. The average molecular weight is 318 g/mol. The van der Waals surface area contributed by atoms with E-state index in [-0.39, 0.29) is 29.8 Å². The van der Waals surface area contributed by atoms with Gasteiger partial charge in [-0.1, -0.05) is 12.1 Å². The minimum absolute atomic E-state index is 0.0108. The maximum absolute atomic E-state index is 13.4. The normalized spacial score (nSPS) is 36.4. The van der Waals surface area contributed by atoms with Gasteiger partial charge in [0.05, 0.1) is 19.1 Å². The molecule has 4 nitrogen and oxygen atoms in total. The van der Waals surface area contributed by atoms with Gasteiger partial charge in [-0.25, -0.2) is 4.39 Å². The zero-order valence-corrected chi connectivity index (χ0v) is 13.2. The Morgan fingerprint density at radius 3 is 2.87 bits per heavy atom. The molecule has 2 N–H and O–H groups in total. The van der Waals surface area contributed by atoms with Gasteiger partial charge in [-0.15, -0.1) is 0 Å². The fourth-order valence-electron chi connectivity index (χ4n) is 4.67. The number of nitrogens with two attached hydrogens (primary N) is 1. The van der Waals surface area contributed by atoms with Crippen molar-refractivity contribution < 1.29 is 13.9 Å². The molecule has 1 saturated heterocycles. The summed E-state index contributed by atoms with van der Waals surface area (Å²) in [4.78, 5) is 14.8. The Morgan fingerprint density at radius 2 is 2.13 bits per heavy atom. The first-order valence-corrected chi connectivity index (χ1v) is 8.55. The molecule has 23 heavy (non-hydrogen) atoms. The van der Waals surface area contributed by atoms with Crippen molar-refractivity contribution in [3.63, 3.8) is 0 Å². The largest absolute Gasteiger partial charge is 0.370 e. The van der Waals surface area contributed by atoms with E-state index in [1.807, 2.05) is 11.0 Å². The summed E-state index contributed by atoms with van der Waals surface area (Å²) in [5, 5.41) is 0. The molecule has 2 bridgehead atoms. The highest BCUT2D eigenvalue weighted by Crippen LogP contribution is 2.48. The molecular weight excluding hydrogens is 295 g/mol. The highest BCUT2D eigenvalue weighted by Gasteiger charge is 2.50. The number of fused-ring (bicyclic) bond motifs is 2. The van der Waals surface area contributed by atoms with Gasteiger partial charge in [-0.05, 0) is 48.8 Å². The van der Waals surface area contributed by atoms with E-state index < -0.39 is 0 Å². The summed E-state index contributed by atoms with van der Waals surface area (Å²) in [5.74, 6) is 0.853. The van der Waals surface area contributed by atoms with Gasteiger partial charge in [0.15, 0.2) is 0 Å². The molecule has 2 saturated carbocycles. The molecule has 2 aliphatic carbocycles. The standard InChI is InChI=1S/C18H23FN2O2/c19-14-3-1-2-11(9-14)15-10-21(6-7-23-15)18(22)16-12-4-5-13(8-12)17(16)20/h1-3,9,12-13,15-17H,4-8,10,20H2. The van der Waals surface area contributed by atoms with Crippen LogP contribution in [0, 0.1) is 23.6 Å². The number of nitrogens with zero attached hydrogens (tertiary/aromatic N) is 1. The van der Waals surface area contributed by atoms with Gasteiger partial charge < -0.3 is 15.4 Å². The predicted octanol–water partition coefficient (Wildman–Crippen LogP) is 2.10. The van der Waals surface area contributed by atoms with E-state index in [9.17, 15) is 9.18 Å². The van der Waals surface area contributed by atoms with Crippen molar-refractivity contribution in [1.29, 1.82) is 0 Å². The van der Waals surface area contributed by atoms with E-state index in [1.165, 1.54) is 18.6 Å². The number of carbonyl (C=O) groups excluding carboxylic acids is 1. The van der Waals surface area contributed by atoms with Crippen LogP contribution >= 0.6 is 0 Å². The highest BCUT2D eigenvalue weighted by atomic mass is 19.1. The number of hydrogen-bond acceptors (Lipinski definition) is 3. The van der Waals surface area contributed by atoms with Crippen molar-refractivity contribution in [2.45, 2.75) is 31.4 Å². The molecule has 0 aromatic heterocycles. The Bertz CT molecular complexity index is 606. The van der Waals surface area contributed by atoms with Crippen LogP contribution < -0.4 is 5.73 Å². The third kappa shape index (κ3) is 2.66. The topological polar surface area (TPSA) is 55.6 Å². The first-order chi connectivity index (χ1) is 11.1. The van der Waals surface area contributed by atoms with Gasteiger partial charge in [-0.2, -0.15) is 0 Å². The lowest BCUT2D eigenvalue weighted by Crippen LogP contribution is -2.50. The maximum atomic E-state index is 13.4. The number of halogens is 1. The number of morpholine rings is 1. The monoisotopic (exact) mass is 318 g/mol. The summed E-state index contributed by atoms with van der Waals surface area (Å²) in [6.45, 7) is 1.58. The van der Waals surface area contributed by atoms with Crippen LogP contribution in [0.3, 0.4) is 0 Å². The van der Waals surface area contributed by atoms with Crippen LogP contribution in [0.1, 0.15) is 30.9 Å². The van der Waals surface area contributed by atoms with Gasteiger partial charge in [0, 0.05) is 12.6 Å². The van der Waals surface area contributed by atoms with Crippen LogP contribution in [0.4, 0.5) is 4.39 Å². The highest BCUT2D eigenvalue weighted by molar-refractivity contribution is 5.80. The molecule has 4 rings (SSSR count). The van der Waals surface area contributed by atoms with Crippen molar-refractivity contribution in [3.8, 4) is 0 Å². The van der Waals surface area contributed by atoms with E-state index in [2.05, 4.69) is 0 Å². The Balaban J connectivity index is 1.48. The second-order valence-electron chi connectivity index (χ2n) is 7.14. The molecule has 5 heteroatoms. The van der Waals surface area contributed by atoms with Crippen LogP contribution in [0.5, 0.6) is 0 Å². The van der Waals surface area contributed by atoms with Crippen molar-refractivity contribution in [3.05, 3.63) is 35.6 Å². The van der Waals surface area contributed by atoms with Gasteiger partial charge in [0.2, 0.25) is 5.91 Å². The smallest absolute Gasteiger partial charge is 0.227 e. The van der Waals surface area contributed by atoms with Crippen LogP contribution in [-0.2, 0) is 9.53 Å². The summed E-state index contributed by atoms with van der Waals surface area (Å²) in [6, 6.07) is 6.45. The summed E-state index contributed by atoms with van der Waals surface area (Å²) >= 11 is 0. The fraction of sp³-hybridized carbons (Fsp3) is 0.611. The zero-order chi connectivity index (χ0) is 16.0. The van der Waals surface area contributed by atoms with Crippen LogP contribution in [0.15, 0.2) is 24.3 Å². The van der Waals surface area contributed by atoms with Gasteiger partial charge in [-0.3, -0.25) is 4.79 Å². The van der Waals surface area contributed by atoms with Crippen LogP contribution in [-0.4, -0.2) is 36.5 Å². The van der Waals surface area contributed by atoms with Crippen molar-refractivity contribution in [1.82, 2.24) is 4.90 Å². The van der Waals surface area contributed by atoms with Crippen LogP contribution in [0.25, 0.3) is 0 Å². The molecular formula is C18H23FN2O2. The number of rotatable bonds is 2. The van der Waals surface area contributed by atoms with Crippen molar-refractivity contribution in [2.75, 3.05) is 19.7 Å². The lowest BCUT2D eigenvalue weighted by molar-refractivity contribution is -0.145. The molecule has 3 aliphatic rings. The summed E-state index contributed by atoms with van der Waals surface area (Å²) in [6.07, 6.45) is 3.16. The van der Waals surface area contributed by atoms with Crippen molar-refractivity contribution in [2.24, 2.45) is 23.5 Å². The summed E-state index contributed by atoms with van der Waals surface area (Å²) in [5.41, 5.74) is 7.10. The Hall–Kier alpha value is -1.46. The van der Waals surface area contributed by atoms with Gasteiger partial charge >= 0.3 is 0 Å². The third-order valence-corrected chi connectivity index (χ3v) is 5.86.